The van der Waals surface area contributed by atoms with E-state index < -0.39 is 6.09 Å². The molecule has 1 aromatic rings. The molecule has 1 aromatic carbocycles. The Kier molecular flexibility index (Phi) is 3.74. The number of ether oxygens (including phenoxy) is 2. The van der Waals surface area contributed by atoms with Crippen LogP contribution in [0.4, 0.5) is 4.79 Å². The standard InChI is InChI=1S/C11H14N2O3/c14-11(13-12-10-7-15-8-10)16-6-9-4-2-1-3-5-9/h1-5,10,12H,6-8H2,(H,13,14). The Labute approximate surface area is 93.7 Å². The van der Waals surface area contributed by atoms with Crippen LogP contribution in [0.5, 0.6) is 0 Å². The van der Waals surface area contributed by atoms with E-state index in [1.807, 2.05) is 30.3 Å². The summed E-state index contributed by atoms with van der Waals surface area (Å²) in [7, 11) is 0. The van der Waals surface area contributed by atoms with E-state index in [9.17, 15) is 4.79 Å². The molecule has 1 amide bonds. The van der Waals surface area contributed by atoms with E-state index in [1.165, 1.54) is 0 Å². The van der Waals surface area contributed by atoms with Crippen molar-refractivity contribution in [1.82, 2.24) is 10.9 Å². The van der Waals surface area contributed by atoms with Gasteiger partial charge in [-0.15, -0.1) is 0 Å². The molecular formula is C11H14N2O3. The summed E-state index contributed by atoms with van der Waals surface area (Å²) in [6.45, 7) is 1.52. The minimum atomic E-state index is -0.476. The molecule has 1 saturated heterocycles. The summed E-state index contributed by atoms with van der Waals surface area (Å²) < 4.78 is 9.94. The molecule has 5 heteroatoms. The molecule has 1 aliphatic rings. The van der Waals surface area contributed by atoms with Crippen molar-refractivity contribution in [1.29, 1.82) is 0 Å². The van der Waals surface area contributed by atoms with Crippen molar-refractivity contribution in [3.63, 3.8) is 0 Å². The van der Waals surface area contributed by atoms with E-state index in [0.717, 1.165) is 5.56 Å². The van der Waals surface area contributed by atoms with Crippen LogP contribution in [0.3, 0.4) is 0 Å². The zero-order valence-corrected chi connectivity index (χ0v) is 8.81. The van der Waals surface area contributed by atoms with Gasteiger partial charge in [-0.3, -0.25) is 5.43 Å². The Morgan fingerprint density at radius 2 is 2.12 bits per heavy atom. The lowest BCUT2D eigenvalue weighted by atomic mass is 10.2. The molecule has 0 atom stereocenters. The molecule has 16 heavy (non-hydrogen) atoms. The van der Waals surface area contributed by atoms with Gasteiger partial charge in [-0.2, -0.15) is 0 Å². The van der Waals surface area contributed by atoms with Gasteiger partial charge in [0.15, 0.2) is 0 Å². The molecule has 86 valence electrons. The molecule has 0 spiro atoms. The number of hydrogen-bond acceptors (Lipinski definition) is 4. The fourth-order valence-electron chi connectivity index (χ4n) is 1.24. The lowest BCUT2D eigenvalue weighted by molar-refractivity contribution is -0.0114. The number of nitrogens with one attached hydrogen (secondary N) is 2. The van der Waals surface area contributed by atoms with Crippen LogP contribution in [0.2, 0.25) is 0 Å². The molecule has 5 nitrogen and oxygen atoms in total. The van der Waals surface area contributed by atoms with Gasteiger partial charge in [0.05, 0.1) is 19.3 Å². The molecule has 0 bridgehead atoms. The Balaban J connectivity index is 1.63. The van der Waals surface area contributed by atoms with E-state index >= 15 is 0 Å². The Hall–Kier alpha value is -1.59. The number of rotatable bonds is 4. The van der Waals surface area contributed by atoms with Crippen molar-refractivity contribution in [3.8, 4) is 0 Å². The SMILES string of the molecule is O=C(NNC1COC1)OCc1ccccc1. The van der Waals surface area contributed by atoms with Crippen LogP contribution in [0, 0.1) is 0 Å². The fourth-order valence-corrected chi connectivity index (χ4v) is 1.24. The van der Waals surface area contributed by atoms with Gasteiger partial charge in [-0.05, 0) is 5.56 Å². The summed E-state index contributed by atoms with van der Waals surface area (Å²) in [5.41, 5.74) is 6.23. The lowest BCUT2D eigenvalue weighted by Gasteiger charge is -2.26. The van der Waals surface area contributed by atoms with Gasteiger partial charge < -0.3 is 9.47 Å². The van der Waals surface area contributed by atoms with E-state index in [-0.39, 0.29) is 12.6 Å². The summed E-state index contributed by atoms with van der Waals surface area (Å²) in [5.74, 6) is 0. The lowest BCUT2D eigenvalue weighted by Crippen LogP contribution is -2.53. The number of carbonyl (C=O) groups excluding carboxylic acids is 1. The molecule has 1 fully saturated rings. The Bertz CT molecular complexity index is 338. The van der Waals surface area contributed by atoms with Crippen LogP contribution in [0.25, 0.3) is 0 Å². The summed E-state index contributed by atoms with van der Waals surface area (Å²) in [5, 5.41) is 0. The number of hydrazine groups is 1. The van der Waals surface area contributed by atoms with Crippen LogP contribution in [-0.2, 0) is 16.1 Å². The highest BCUT2D eigenvalue weighted by atomic mass is 16.6. The van der Waals surface area contributed by atoms with Gasteiger partial charge in [-0.1, -0.05) is 30.3 Å². The Morgan fingerprint density at radius 1 is 1.38 bits per heavy atom. The normalized spacial score (nSPS) is 15.2. The van der Waals surface area contributed by atoms with Crippen LogP contribution in [0.15, 0.2) is 30.3 Å². The first-order chi connectivity index (χ1) is 7.84. The summed E-state index contributed by atoms with van der Waals surface area (Å²) in [6.07, 6.45) is -0.476. The van der Waals surface area contributed by atoms with Crippen molar-refractivity contribution < 1.29 is 14.3 Å². The van der Waals surface area contributed by atoms with Crippen LogP contribution < -0.4 is 10.9 Å². The molecule has 0 unspecified atom stereocenters. The second-order valence-corrected chi connectivity index (χ2v) is 3.57. The summed E-state index contributed by atoms with van der Waals surface area (Å²) >= 11 is 0. The smallest absolute Gasteiger partial charge is 0.421 e. The van der Waals surface area contributed by atoms with Gasteiger partial charge >= 0.3 is 6.09 Å². The predicted octanol–water partition coefficient (Wildman–Crippen LogP) is 0.816. The van der Waals surface area contributed by atoms with Gasteiger partial charge in [0, 0.05) is 0 Å². The first-order valence-corrected chi connectivity index (χ1v) is 5.14. The molecule has 2 rings (SSSR count). The topological polar surface area (TPSA) is 59.6 Å². The van der Waals surface area contributed by atoms with Crippen molar-refractivity contribution >= 4 is 6.09 Å². The monoisotopic (exact) mass is 222 g/mol. The quantitative estimate of drug-likeness (QED) is 0.740. The minimum absolute atomic E-state index is 0.198. The van der Waals surface area contributed by atoms with Crippen molar-refractivity contribution in [2.45, 2.75) is 12.6 Å². The highest BCUT2D eigenvalue weighted by Gasteiger charge is 2.18. The predicted molar refractivity (Wildman–Crippen MR) is 57.5 cm³/mol. The van der Waals surface area contributed by atoms with E-state index in [0.29, 0.717) is 13.2 Å². The number of hydrogen-bond donors (Lipinski definition) is 2. The Morgan fingerprint density at radius 3 is 2.75 bits per heavy atom. The molecule has 2 N–H and O–H groups in total. The molecular weight excluding hydrogens is 208 g/mol. The van der Waals surface area contributed by atoms with E-state index in [4.69, 9.17) is 9.47 Å². The van der Waals surface area contributed by atoms with Crippen molar-refractivity contribution in [2.75, 3.05) is 13.2 Å². The average molecular weight is 222 g/mol. The van der Waals surface area contributed by atoms with Crippen LogP contribution in [-0.4, -0.2) is 25.3 Å². The molecule has 0 aliphatic carbocycles. The molecule has 0 saturated carbocycles. The number of benzene rings is 1. The van der Waals surface area contributed by atoms with Gasteiger partial charge in [0.2, 0.25) is 0 Å². The third-order valence-electron chi connectivity index (χ3n) is 2.23. The molecule has 0 radical (unpaired) electrons. The second-order valence-electron chi connectivity index (χ2n) is 3.57. The number of amides is 1. The zero-order valence-electron chi connectivity index (χ0n) is 8.81. The van der Waals surface area contributed by atoms with Gasteiger partial charge in [0.25, 0.3) is 0 Å². The first kappa shape index (κ1) is 10.9. The highest BCUT2D eigenvalue weighted by molar-refractivity contribution is 5.66. The summed E-state index contributed by atoms with van der Waals surface area (Å²) in [4.78, 5) is 11.2. The fraction of sp³-hybridized carbons (Fsp3) is 0.364. The average Bonchev–Trinajstić information content (AvgIpc) is 2.26. The van der Waals surface area contributed by atoms with E-state index in [1.54, 1.807) is 0 Å². The van der Waals surface area contributed by atoms with Gasteiger partial charge in [-0.25, -0.2) is 10.2 Å². The van der Waals surface area contributed by atoms with Gasteiger partial charge in [0.1, 0.15) is 6.61 Å². The highest BCUT2D eigenvalue weighted by Crippen LogP contribution is 2.00. The first-order valence-electron chi connectivity index (χ1n) is 5.14. The molecule has 1 heterocycles. The molecule has 0 aromatic heterocycles. The van der Waals surface area contributed by atoms with Crippen molar-refractivity contribution in [2.24, 2.45) is 0 Å². The van der Waals surface area contributed by atoms with E-state index in [2.05, 4.69) is 10.9 Å². The van der Waals surface area contributed by atoms with Crippen LogP contribution in [0.1, 0.15) is 5.56 Å². The van der Waals surface area contributed by atoms with Crippen LogP contribution >= 0.6 is 0 Å². The molecule has 1 aliphatic heterocycles. The second kappa shape index (κ2) is 5.48. The van der Waals surface area contributed by atoms with Crippen molar-refractivity contribution in [3.05, 3.63) is 35.9 Å². The third-order valence-corrected chi connectivity index (χ3v) is 2.23. The number of carbonyl (C=O) groups is 1. The summed E-state index contributed by atoms with van der Waals surface area (Å²) in [6, 6.07) is 9.73. The maximum Gasteiger partial charge on any atom is 0.421 e. The largest absolute Gasteiger partial charge is 0.444 e. The maximum absolute atomic E-state index is 11.2. The zero-order chi connectivity index (χ0) is 11.2. The minimum Gasteiger partial charge on any atom is -0.444 e. The third kappa shape index (κ3) is 3.22. The maximum atomic E-state index is 11.2.